The second kappa shape index (κ2) is 9.42. The molecule has 2 heterocycles. The summed E-state index contributed by atoms with van der Waals surface area (Å²) >= 11 is 0. The predicted molar refractivity (Wildman–Crippen MR) is 118 cm³/mol. The standard InChI is InChI=1S/C23H22N4O5/c28-21(16-32-22(29)15-18-4-1-3-17-5-2-10-24-23(17)18)26-13-11-25(12-14-26)19-6-8-20(9-7-19)27(30)31/h1-10H,11-16H2. The predicted octanol–water partition coefficient (Wildman–Crippen LogP) is 2.58. The Bertz CT molecular complexity index is 1140. The molecule has 9 nitrogen and oxygen atoms in total. The second-order valence-corrected chi connectivity index (χ2v) is 7.47. The van der Waals surface area contributed by atoms with Crippen LogP contribution in [0.15, 0.2) is 60.8 Å². The van der Waals surface area contributed by atoms with Crippen LogP contribution in [0.4, 0.5) is 11.4 Å². The van der Waals surface area contributed by atoms with Crippen LogP contribution in [0.25, 0.3) is 10.9 Å². The minimum Gasteiger partial charge on any atom is -0.455 e. The van der Waals surface area contributed by atoms with Crippen LogP contribution < -0.4 is 4.90 Å². The van der Waals surface area contributed by atoms with E-state index >= 15 is 0 Å². The summed E-state index contributed by atoms with van der Waals surface area (Å²) in [6.07, 6.45) is 1.73. The Morgan fingerprint density at radius 1 is 1.00 bits per heavy atom. The maximum Gasteiger partial charge on any atom is 0.310 e. The van der Waals surface area contributed by atoms with Crippen LogP contribution in [0.5, 0.6) is 0 Å². The highest BCUT2D eigenvalue weighted by molar-refractivity contribution is 5.87. The Morgan fingerprint density at radius 2 is 1.72 bits per heavy atom. The van der Waals surface area contributed by atoms with E-state index in [1.165, 1.54) is 12.1 Å². The maximum absolute atomic E-state index is 12.5. The van der Waals surface area contributed by atoms with Crippen LogP contribution in [0, 0.1) is 10.1 Å². The molecule has 0 bridgehead atoms. The first-order chi connectivity index (χ1) is 15.5. The van der Waals surface area contributed by atoms with E-state index in [0.29, 0.717) is 26.2 Å². The van der Waals surface area contributed by atoms with Gasteiger partial charge in [-0.15, -0.1) is 0 Å². The number of pyridine rings is 1. The number of nitro groups is 1. The number of hydrogen-bond acceptors (Lipinski definition) is 7. The average Bonchev–Trinajstić information content (AvgIpc) is 2.83. The molecule has 0 saturated carbocycles. The Labute approximate surface area is 184 Å². The molecule has 0 radical (unpaired) electrons. The number of fused-ring (bicyclic) bond motifs is 1. The monoisotopic (exact) mass is 434 g/mol. The Balaban J connectivity index is 1.26. The summed E-state index contributed by atoms with van der Waals surface area (Å²) in [4.78, 5) is 43.2. The third kappa shape index (κ3) is 4.83. The highest BCUT2D eigenvalue weighted by Gasteiger charge is 2.23. The zero-order valence-electron chi connectivity index (χ0n) is 17.3. The van der Waals surface area contributed by atoms with Crippen LogP contribution >= 0.6 is 0 Å². The first-order valence-corrected chi connectivity index (χ1v) is 10.3. The fourth-order valence-electron chi connectivity index (χ4n) is 3.75. The summed E-state index contributed by atoms with van der Waals surface area (Å²) in [6, 6.07) is 15.7. The van der Waals surface area contributed by atoms with Crippen molar-refractivity contribution >= 4 is 34.2 Å². The number of benzene rings is 2. The van der Waals surface area contributed by atoms with Crippen molar-refractivity contribution in [1.29, 1.82) is 0 Å². The molecule has 0 unspecified atom stereocenters. The van der Waals surface area contributed by atoms with Crippen molar-refractivity contribution in [3.63, 3.8) is 0 Å². The highest BCUT2D eigenvalue weighted by atomic mass is 16.6. The second-order valence-electron chi connectivity index (χ2n) is 7.47. The quantitative estimate of drug-likeness (QED) is 0.333. The molecule has 1 fully saturated rings. The molecule has 2 aromatic carbocycles. The molecule has 1 aliphatic rings. The van der Waals surface area contributed by atoms with Gasteiger partial charge in [0.25, 0.3) is 11.6 Å². The third-order valence-corrected chi connectivity index (χ3v) is 5.47. The van der Waals surface area contributed by atoms with Crippen LogP contribution in [0.2, 0.25) is 0 Å². The van der Waals surface area contributed by atoms with E-state index in [1.54, 1.807) is 23.2 Å². The van der Waals surface area contributed by atoms with E-state index in [2.05, 4.69) is 9.88 Å². The van der Waals surface area contributed by atoms with Crippen molar-refractivity contribution in [1.82, 2.24) is 9.88 Å². The fourth-order valence-corrected chi connectivity index (χ4v) is 3.75. The Hall–Kier alpha value is -4.01. The number of non-ortho nitro benzene ring substituents is 1. The van der Waals surface area contributed by atoms with Gasteiger partial charge in [0.1, 0.15) is 0 Å². The molecular weight excluding hydrogens is 412 g/mol. The molecule has 1 saturated heterocycles. The van der Waals surface area contributed by atoms with E-state index in [0.717, 1.165) is 22.2 Å². The number of piperazine rings is 1. The largest absolute Gasteiger partial charge is 0.455 e. The highest BCUT2D eigenvalue weighted by Crippen LogP contribution is 2.21. The number of esters is 1. The smallest absolute Gasteiger partial charge is 0.310 e. The number of rotatable bonds is 6. The number of carbonyl (C=O) groups excluding carboxylic acids is 2. The summed E-state index contributed by atoms with van der Waals surface area (Å²) in [5.41, 5.74) is 2.43. The van der Waals surface area contributed by atoms with Gasteiger partial charge in [0.15, 0.2) is 6.61 Å². The number of para-hydroxylation sites is 1. The summed E-state index contributed by atoms with van der Waals surface area (Å²) in [7, 11) is 0. The molecular formula is C23H22N4O5. The molecule has 32 heavy (non-hydrogen) atoms. The summed E-state index contributed by atoms with van der Waals surface area (Å²) < 4.78 is 5.22. The Kier molecular flexibility index (Phi) is 6.25. The number of nitrogens with zero attached hydrogens (tertiary/aromatic N) is 4. The SMILES string of the molecule is O=C(Cc1cccc2cccnc12)OCC(=O)N1CCN(c2ccc([N+](=O)[O-])cc2)CC1. The molecule has 9 heteroatoms. The van der Waals surface area contributed by atoms with Crippen molar-refractivity contribution in [3.8, 4) is 0 Å². The third-order valence-electron chi connectivity index (χ3n) is 5.47. The van der Waals surface area contributed by atoms with Crippen LogP contribution in [-0.2, 0) is 20.7 Å². The zero-order valence-corrected chi connectivity index (χ0v) is 17.3. The van der Waals surface area contributed by atoms with Crippen LogP contribution in [0.3, 0.4) is 0 Å². The number of anilines is 1. The lowest BCUT2D eigenvalue weighted by atomic mass is 10.1. The van der Waals surface area contributed by atoms with Gasteiger partial charge in [0, 0.05) is 55.6 Å². The number of nitro benzene ring substituents is 1. The first kappa shape index (κ1) is 21.2. The molecule has 0 N–H and O–H groups in total. The van der Waals surface area contributed by atoms with E-state index < -0.39 is 10.9 Å². The molecule has 1 amide bonds. The molecule has 3 aromatic rings. The number of ether oxygens (including phenoxy) is 1. The van der Waals surface area contributed by atoms with Gasteiger partial charge in [-0.3, -0.25) is 24.7 Å². The van der Waals surface area contributed by atoms with Crippen molar-refractivity contribution in [3.05, 3.63) is 76.5 Å². The van der Waals surface area contributed by atoms with Crippen molar-refractivity contribution in [2.24, 2.45) is 0 Å². The van der Waals surface area contributed by atoms with Crippen LogP contribution in [0.1, 0.15) is 5.56 Å². The maximum atomic E-state index is 12.5. The van der Waals surface area contributed by atoms with Crippen molar-refractivity contribution in [2.45, 2.75) is 6.42 Å². The minimum atomic E-state index is -0.471. The Morgan fingerprint density at radius 3 is 2.44 bits per heavy atom. The number of amides is 1. The van der Waals surface area contributed by atoms with Gasteiger partial charge in [0.2, 0.25) is 0 Å². The summed E-state index contributed by atoms with van der Waals surface area (Å²) in [5, 5.41) is 11.7. The number of aromatic nitrogens is 1. The van der Waals surface area contributed by atoms with Gasteiger partial charge in [0.05, 0.1) is 16.9 Å². The van der Waals surface area contributed by atoms with E-state index in [9.17, 15) is 19.7 Å². The van der Waals surface area contributed by atoms with Gasteiger partial charge in [-0.2, -0.15) is 0 Å². The molecule has 164 valence electrons. The van der Waals surface area contributed by atoms with Gasteiger partial charge in [-0.1, -0.05) is 24.3 Å². The molecule has 4 rings (SSSR count). The molecule has 0 aliphatic carbocycles. The molecule has 0 spiro atoms. The molecule has 1 aliphatic heterocycles. The number of hydrogen-bond donors (Lipinski definition) is 0. The lowest BCUT2D eigenvalue weighted by molar-refractivity contribution is -0.384. The van der Waals surface area contributed by atoms with E-state index in [-0.39, 0.29) is 24.6 Å². The van der Waals surface area contributed by atoms with Gasteiger partial charge in [-0.05, 0) is 23.8 Å². The summed E-state index contributed by atoms with van der Waals surface area (Å²) in [6.45, 7) is 1.87. The van der Waals surface area contributed by atoms with Gasteiger partial charge in [-0.25, -0.2) is 0 Å². The van der Waals surface area contributed by atoms with Crippen molar-refractivity contribution < 1.29 is 19.2 Å². The number of carbonyl (C=O) groups is 2. The van der Waals surface area contributed by atoms with Gasteiger partial charge < -0.3 is 14.5 Å². The van der Waals surface area contributed by atoms with Crippen LogP contribution in [-0.4, -0.2) is 59.5 Å². The topological polar surface area (TPSA) is 106 Å². The molecule has 1 aromatic heterocycles. The lowest BCUT2D eigenvalue weighted by Crippen LogP contribution is -2.49. The van der Waals surface area contributed by atoms with Crippen molar-refractivity contribution in [2.75, 3.05) is 37.7 Å². The summed E-state index contributed by atoms with van der Waals surface area (Å²) in [5.74, 6) is -0.709. The molecule has 0 atom stereocenters. The normalized spacial score (nSPS) is 13.8. The first-order valence-electron chi connectivity index (χ1n) is 10.3. The van der Waals surface area contributed by atoms with E-state index in [1.807, 2.05) is 30.3 Å². The minimum absolute atomic E-state index is 0.0451. The van der Waals surface area contributed by atoms with Gasteiger partial charge >= 0.3 is 5.97 Å². The zero-order chi connectivity index (χ0) is 22.5. The average molecular weight is 434 g/mol. The van der Waals surface area contributed by atoms with E-state index in [4.69, 9.17) is 4.74 Å². The fraction of sp³-hybridized carbons (Fsp3) is 0.261. The lowest BCUT2D eigenvalue weighted by Gasteiger charge is -2.36.